The molecule has 120 valence electrons. The summed E-state index contributed by atoms with van der Waals surface area (Å²) in [5.41, 5.74) is 4.47. The normalized spacial score (nSPS) is 11.3. The second-order valence-electron chi connectivity index (χ2n) is 5.70. The van der Waals surface area contributed by atoms with Crippen LogP contribution in [0.25, 0.3) is 21.9 Å². The van der Waals surface area contributed by atoms with Crippen molar-refractivity contribution in [2.75, 3.05) is 5.32 Å². The summed E-state index contributed by atoms with van der Waals surface area (Å²) in [6, 6.07) is 13.5. The van der Waals surface area contributed by atoms with Crippen LogP contribution in [0.4, 0.5) is 11.6 Å². The lowest BCUT2D eigenvalue weighted by Gasteiger charge is -2.12. The Morgan fingerprint density at radius 1 is 1.04 bits per heavy atom. The Morgan fingerprint density at radius 2 is 1.83 bits per heavy atom. The highest BCUT2D eigenvalue weighted by Gasteiger charge is 2.12. The molecule has 0 radical (unpaired) electrons. The molecule has 0 saturated carbocycles. The average Bonchev–Trinajstić information content (AvgIpc) is 2.85. The Kier molecular flexibility index (Phi) is 3.59. The molecule has 0 bridgehead atoms. The molecule has 0 unspecified atom stereocenters. The highest BCUT2D eigenvalue weighted by molar-refractivity contribution is 6.38. The van der Waals surface area contributed by atoms with Crippen LogP contribution in [0.5, 0.6) is 0 Å². The quantitative estimate of drug-likeness (QED) is 0.517. The lowest BCUT2D eigenvalue weighted by molar-refractivity contribution is 0.958. The number of hydrogen-bond acceptors (Lipinski definition) is 3. The van der Waals surface area contributed by atoms with E-state index in [4.69, 9.17) is 23.2 Å². The molecule has 4 aromatic rings. The number of pyridine rings is 1. The van der Waals surface area contributed by atoms with Crippen LogP contribution in [-0.4, -0.2) is 14.5 Å². The summed E-state index contributed by atoms with van der Waals surface area (Å²) in [5, 5.41) is 5.37. The van der Waals surface area contributed by atoms with E-state index >= 15 is 0 Å². The number of halogens is 2. The standard InChI is InChI=1S/C18H14Cl2N4/c1-10-7-15(12-8-11(19)9-13(20)17(12)21-10)23-18-22-14-5-3-4-6-16(14)24(18)2/h3-9H,1-2H3,(H,21,22,23). The van der Waals surface area contributed by atoms with Gasteiger partial charge in [-0.1, -0.05) is 35.3 Å². The van der Waals surface area contributed by atoms with Gasteiger partial charge in [-0.05, 0) is 37.3 Å². The third-order valence-corrected chi connectivity index (χ3v) is 4.50. The molecule has 4 rings (SSSR count). The van der Waals surface area contributed by atoms with Gasteiger partial charge in [-0.25, -0.2) is 4.98 Å². The van der Waals surface area contributed by atoms with E-state index in [0.717, 1.165) is 39.3 Å². The van der Waals surface area contributed by atoms with Crippen molar-refractivity contribution in [3.05, 3.63) is 58.2 Å². The molecule has 0 fully saturated rings. The van der Waals surface area contributed by atoms with Gasteiger partial charge in [0.1, 0.15) is 0 Å². The highest BCUT2D eigenvalue weighted by Crippen LogP contribution is 2.33. The summed E-state index contributed by atoms with van der Waals surface area (Å²) in [6.45, 7) is 1.93. The molecule has 0 aliphatic rings. The fraction of sp³-hybridized carbons (Fsp3) is 0.111. The second-order valence-corrected chi connectivity index (χ2v) is 6.55. The number of imidazole rings is 1. The number of nitrogens with one attached hydrogen (secondary N) is 1. The van der Waals surface area contributed by atoms with E-state index < -0.39 is 0 Å². The number of aryl methyl sites for hydroxylation is 2. The fourth-order valence-corrected chi connectivity index (χ4v) is 3.40. The smallest absolute Gasteiger partial charge is 0.208 e. The summed E-state index contributed by atoms with van der Waals surface area (Å²) < 4.78 is 2.02. The number of fused-ring (bicyclic) bond motifs is 2. The molecule has 2 aromatic carbocycles. The first-order valence-electron chi connectivity index (χ1n) is 7.48. The van der Waals surface area contributed by atoms with Gasteiger partial charge in [0, 0.05) is 23.2 Å². The van der Waals surface area contributed by atoms with Crippen molar-refractivity contribution in [2.45, 2.75) is 6.92 Å². The number of aromatic nitrogens is 3. The van der Waals surface area contributed by atoms with Crippen molar-refractivity contribution in [2.24, 2.45) is 7.05 Å². The van der Waals surface area contributed by atoms with Gasteiger partial charge in [-0.15, -0.1) is 0 Å². The van der Waals surface area contributed by atoms with Crippen molar-refractivity contribution in [1.29, 1.82) is 0 Å². The summed E-state index contributed by atoms with van der Waals surface area (Å²) in [6.07, 6.45) is 0. The third-order valence-electron chi connectivity index (χ3n) is 3.99. The van der Waals surface area contributed by atoms with Crippen LogP contribution in [0.1, 0.15) is 5.69 Å². The maximum absolute atomic E-state index is 6.31. The molecule has 0 amide bonds. The lowest BCUT2D eigenvalue weighted by Crippen LogP contribution is -2.01. The Hall–Kier alpha value is -2.30. The molecule has 6 heteroatoms. The first kappa shape index (κ1) is 15.2. The maximum atomic E-state index is 6.31. The Morgan fingerprint density at radius 3 is 2.62 bits per heavy atom. The van der Waals surface area contributed by atoms with Crippen LogP contribution < -0.4 is 5.32 Å². The minimum Gasteiger partial charge on any atom is -0.325 e. The Bertz CT molecular complexity index is 1090. The number of para-hydroxylation sites is 2. The van der Waals surface area contributed by atoms with Crippen LogP contribution in [0.2, 0.25) is 10.0 Å². The van der Waals surface area contributed by atoms with Crippen LogP contribution >= 0.6 is 23.2 Å². The molecular weight excluding hydrogens is 343 g/mol. The predicted octanol–water partition coefficient (Wildman–Crippen LogP) is 5.48. The van der Waals surface area contributed by atoms with E-state index in [-0.39, 0.29) is 0 Å². The van der Waals surface area contributed by atoms with Crippen molar-refractivity contribution in [3.63, 3.8) is 0 Å². The van der Waals surface area contributed by atoms with Gasteiger partial charge in [-0.2, -0.15) is 0 Å². The van der Waals surface area contributed by atoms with E-state index in [1.54, 1.807) is 6.07 Å². The number of rotatable bonds is 2. The zero-order chi connectivity index (χ0) is 16.8. The zero-order valence-corrected chi connectivity index (χ0v) is 14.7. The van der Waals surface area contributed by atoms with Crippen LogP contribution in [0, 0.1) is 6.92 Å². The molecular formula is C18H14Cl2N4. The van der Waals surface area contributed by atoms with Crippen LogP contribution in [0.15, 0.2) is 42.5 Å². The molecule has 2 aromatic heterocycles. The van der Waals surface area contributed by atoms with Crippen molar-refractivity contribution in [3.8, 4) is 0 Å². The van der Waals surface area contributed by atoms with Gasteiger partial charge < -0.3 is 9.88 Å². The average molecular weight is 357 g/mol. The minimum atomic E-state index is 0.536. The minimum absolute atomic E-state index is 0.536. The molecule has 0 atom stereocenters. The van der Waals surface area contributed by atoms with Gasteiger partial charge in [0.05, 0.1) is 27.3 Å². The van der Waals surface area contributed by atoms with Gasteiger partial charge in [0.2, 0.25) is 5.95 Å². The van der Waals surface area contributed by atoms with E-state index in [1.807, 2.05) is 54.9 Å². The molecule has 0 aliphatic carbocycles. The summed E-state index contributed by atoms with van der Waals surface area (Å²) in [7, 11) is 1.98. The summed E-state index contributed by atoms with van der Waals surface area (Å²) >= 11 is 12.5. The highest BCUT2D eigenvalue weighted by atomic mass is 35.5. The van der Waals surface area contributed by atoms with Gasteiger partial charge in [-0.3, -0.25) is 4.98 Å². The van der Waals surface area contributed by atoms with Gasteiger partial charge >= 0.3 is 0 Å². The van der Waals surface area contributed by atoms with Crippen molar-refractivity contribution >= 4 is 56.8 Å². The van der Waals surface area contributed by atoms with Crippen molar-refractivity contribution < 1.29 is 0 Å². The van der Waals surface area contributed by atoms with E-state index in [9.17, 15) is 0 Å². The third kappa shape index (κ3) is 2.48. The fourth-order valence-electron chi connectivity index (χ4n) is 2.86. The molecule has 0 aliphatic heterocycles. The predicted molar refractivity (Wildman–Crippen MR) is 100 cm³/mol. The first-order valence-corrected chi connectivity index (χ1v) is 8.23. The number of hydrogen-bond donors (Lipinski definition) is 1. The SMILES string of the molecule is Cc1cc(Nc2nc3ccccc3n2C)c2cc(Cl)cc(Cl)c2n1. The van der Waals surface area contributed by atoms with E-state index in [0.29, 0.717) is 10.0 Å². The molecule has 4 nitrogen and oxygen atoms in total. The number of anilines is 2. The van der Waals surface area contributed by atoms with Gasteiger partial charge in [0.15, 0.2) is 0 Å². The molecule has 1 N–H and O–H groups in total. The molecule has 2 heterocycles. The monoisotopic (exact) mass is 356 g/mol. The second kappa shape index (κ2) is 5.65. The van der Waals surface area contributed by atoms with Crippen LogP contribution in [-0.2, 0) is 7.05 Å². The van der Waals surface area contributed by atoms with E-state index in [1.165, 1.54) is 0 Å². The Balaban J connectivity index is 1.91. The van der Waals surface area contributed by atoms with E-state index in [2.05, 4.69) is 15.3 Å². The topological polar surface area (TPSA) is 42.7 Å². The maximum Gasteiger partial charge on any atom is 0.208 e. The zero-order valence-electron chi connectivity index (χ0n) is 13.1. The first-order chi connectivity index (χ1) is 11.5. The largest absolute Gasteiger partial charge is 0.325 e. The summed E-state index contributed by atoms with van der Waals surface area (Å²) in [4.78, 5) is 9.18. The molecule has 24 heavy (non-hydrogen) atoms. The summed E-state index contributed by atoms with van der Waals surface area (Å²) in [5.74, 6) is 0.749. The number of benzene rings is 2. The lowest BCUT2D eigenvalue weighted by atomic mass is 10.1. The number of nitrogens with zero attached hydrogens (tertiary/aromatic N) is 3. The van der Waals surface area contributed by atoms with Gasteiger partial charge in [0.25, 0.3) is 0 Å². The van der Waals surface area contributed by atoms with Crippen LogP contribution in [0.3, 0.4) is 0 Å². The Labute approximate surface area is 149 Å². The molecule has 0 spiro atoms. The van der Waals surface area contributed by atoms with Crippen molar-refractivity contribution in [1.82, 2.24) is 14.5 Å². The molecule has 0 saturated heterocycles.